The van der Waals surface area contributed by atoms with Crippen LogP contribution in [0.2, 0.25) is 0 Å². The summed E-state index contributed by atoms with van der Waals surface area (Å²) in [4.78, 5) is 27.7. The monoisotopic (exact) mass is 390 g/mol. The van der Waals surface area contributed by atoms with E-state index >= 15 is 0 Å². The molecule has 0 unspecified atom stereocenters. The van der Waals surface area contributed by atoms with E-state index in [-0.39, 0.29) is 24.0 Å². The maximum atomic E-state index is 12.4. The lowest BCUT2D eigenvalue weighted by atomic mass is 9.95. The van der Waals surface area contributed by atoms with Crippen LogP contribution in [0.15, 0.2) is 0 Å². The second-order valence-corrected chi connectivity index (χ2v) is 9.59. The Morgan fingerprint density at radius 1 is 1.12 bits per heavy atom. The molecular formula is C16H30N4O5S. The summed E-state index contributed by atoms with van der Waals surface area (Å²) in [6.07, 6.45) is 1.27. The molecule has 2 heterocycles. The van der Waals surface area contributed by atoms with Crippen molar-refractivity contribution in [1.82, 2.24) is 19.2 Å². The van der Waals surface area contributed by atoms with Crippen molar-refractivity contribution in [1.29, 1.82) is 0 Å². The third-order valence-electron chi connectivity index (χ3n) is 4.51. The van der Waals surface area contributed by atoms with Crippen molar-refractivity contribution in [2.45, 2.75) is 51.7 Å². The molecule has 9 nitrogen and oxygen atoms in total. The minimum absolute atomic E-state index is 0.0637. The Hall–Kier alpha value is -1.39. The molecule has 0 spiro atoms. The standard InChI is InChI=1S/C16H30N4O5S/c1-16(2,3)25-15(22)20-10-12(11-20)9-14(21)19-7-5-13(6-8-19)18-26(23,24)17-4/h12-13,17-18H,5-11H2,1-4H3. The molecule has 2 N–H and O–H groups in total. The van der Waals surface area contributed by atoms with Crippen LogP contribution in [0.1, 0.15) is 40.0 Å². The summed E-state index contributed by atoms with van der Waals surface area (Å²) in [6.45, 7) is 7.64. The summed E-state index contributed by atoms with van der Waals surface area (Å²) in [7, 11) is -2.09. The molecule has 2 rings (SSSR count). The van der Waals surface area contributed by atoms with Gasteiger partial charge in [-0.25, -0.2) is 9.52 Å². The minimum atomic E-state index is -3.45. The fourth-order valence-electron chi connectivity index (χ4n) is 3.08. The number of hydrogen-bond acceptors (Lipinski definition) is 5. The Balaban J connectivity index is 1.69. The zero-order chi connectivity index (χ0) is 19.5. The number of likely N-dealkylation sites (tertiary alicyclic amines) is 2. The van der Waals surface area contributed by atoms with E-state index in [1.165, 1.54) is 7.05 Å². The number of piperidine rings is 1. The highest BCUT2D eigenvalue weighted by Crippen LogP contribution is 2.23. The van der Waals surface area contributed by atoms with Crippen molar-refractivity contribution in [3.05, 3.63) is 0 Å². The Morgan fingerprint density at radius 2 is 1.69 bits per heavy atom. The quantitative estimate of drug-likeness (QED) is 0.701. The highest BCUT2D eigenvalue weighted by Gasteiger charge is 2.36. The third-order valence-corrected chi connectivity index (χ3v) is 5.69. The number of hydrogen-bond donors (Lipinski definition) is 2. The van der Waals surface area contributed by atoms with E-state index in [0.29, 0.717) is 45.4 Å². The first-order chi connectivity index (χ1) is 12.0. The third kappa shape index (κ3) is 6.10. The number of carbonyl (C=O) groups is 2. The van der Waals surface area contributed by atoms with Gasteiger partial charge in [0.1, 0.15) is 5.60 Å². The summed E-state index contributed by atoms with van der Waals surface area (Å²) in [5.41, 5.74) is -0.517. The fraction of sp³-hybridized carbons (Fsp3) is 0.875. The van der Waals surface area contributed by atoms with Crippen LogP contribution in [0.4, 0.5) is 4.79 Å². The van der Waals surface area contributed by atoms with Crippen LogP contribution in [0.25, 0.3) is 0 Å². The molecule has 2 amide bonds. The van der Waals surface area contributed by atoms with E-state index in [9.17, 15) is 18.0 Å². The van der Waals surface area contributed by atoms with E-state index in [1.54, 1.807) is 9.80 Å². The van der Waals surface area contributed by atoms with Gasteiger partial charge in [-0.1, -0.05) is 0 Å². The molecule has 0 aromatic carbocycles. The average Bonchev–Trinajstić information content (AvgIpc) is 2.48. The first-order valence-electron chi connectivity index (χ1n) is 8.95. The van der Waals surface area contributed by atoms with Crippen molar-refractivity contribution < 1.29 is 22.7 Å². The molecular weight excluding hydrogens is 360 g/mol. The Bertz CT molecular complexity index is 617. The number of rotatable bonds is 5. The molecule has 0 radical (unpaired) electrons. The van der Waals surface area contributed by atoms with Gasteiger partial charge in [-0.3, -0.25) is 4.79 Å². The van der Waals surface area contributed by atoms with Gasteiger partial charge < -0.3 is 14.5 Å². The zero-order valence-corrected chi connectivity index (χ0v) is 16.8. The molecule has 150 valence electrons. The van der Waals surface area contributed by atoms with Crippen molar-refractivity contribution in [3.63, 3.8) is 0 Å². The summed E-state index contributed by atoms with van der Waals surface area (Å²) in [6, 6.07) is -0.150. The van der Waals surface area contributed by atoms with Crippen LogP contribution < -0.4 is 9.44 Å². The maximum Gasteiger partial charge on any atom is 0.410 e. The number of amides is 2. The first-order valence-corrected chi connectivity index (χ1v) is 10.4. The van der Waals surface area contributed by atoms with E-state index in [4.69, 9.17) is 4.74 Å². The highest BCUT2D eigenvalue weighted by atomic mass is 32.2. The van der Waals surface area contributed by atoms with Crippen LogP contribution in [-0.2, 0) is 19.7 Å². The fourth-order valence-corrected chi connectivity index (χ4v) is 3.87. The van der Waals surface area contributed by atoms with Gasteiger partial charge >= 0.3 is 6.09 Å². The molecule has 2 saturated heterocycles. The lowest BCUT2D eigenvalue weighted by Gasteiger charge is -2.40. The van der Waals surface area contributed by atoms with Gasteiger partial charge in [-0.05, 0) is 33.6 Å². The van der Waals surface area contributed by atoms with Crippen molar-refractivity contribution in [3.8, 4) is 0 Å². The first kappa shape index (κ1) is 20.9. The molecule has 0 aliphatic carbocycles. The molecule has 0 atom stereocenters. The molecule has 0 bridgehead atoms. The summed E-state index contributed by atoms with van der Waals surface area (Å²) in [5, 5.41) is 0. The van der Waals surface area contributed by atoms with Crippen LogP contribution in [0.3, 0.4) is 0 Å². The molecule has 2 aliphatic rings. The number of nitrogens with zero attached hydrogens (tertiary/aromatic N) is 2. The van der Waals surface area contributed by atoms with Crippen molar-refractivity contribution >= 4 is 22.2 Å². The summed E-state index contributed by atoms with van der Waals surface area (Å²) < 4.78 is 33.1. The van der Waals surface area contributed by atoms with Gasteiger partial charge in [0.25, 0.3) is 10.2 Å². The lowest BCUT2D eigenvalue weighted by molar-refractivity contribution is -0.134. The zero-order valence-electron chi connectivity index (χ0n) is 15.9. The van der Waals surface area contributed by atoms with Crippen molar-refractivity contribution in [2.75, 3.05) is 33.2 Å². The largest absolute Gasteiger partial charge is 0.444 e. The van der Waals surface area contributed by atoms with Crippen LogP contribution in [0.5, 0.6) is 0 Å². The lowest BCUT2D eigenvalue weighted by Crippen LogP contribution is -2.53. The highest BCUT2D eigenvalue weighted by molar-refractivity contribution is 7.87. The molecule has 26 heavy (non-hydrogen) atoms. The van der Waals surface area contributed by atoms with E-state index in [0.717, 1.165) is 0 Å². The van der Waals surface area contributed by atoms with Crippen LogP contribution in [0, 0.1) is 5.92 Å². The molecule has 2 aliphatic heterocycles. The second kappa shape index (κ2) is 8.10. The summed E-state index contributed by atoms with van der Waals surface area (Å²) >= 11 is 0. The molecule has 10 heteroatoms. The SMILES string of the molecule is CNS(=O)(=O)NC1CCN(C(=O)CC2CN(C(=O)OC(C)(C)C)C2)CC1. The number of ether oxygens (including phenoxy) is 1. The van der Waals surface area contributed by atoms with E-state index < -0.39 is 15.8 Å². The number of nitrogens with one attached hydrogen (secondary N) is 2. The van der Waals surface area contributed by atoms with Crippen molar-refractivity contribution in [2.24, 2.45) is 5.92 Å². The molecule has 0 aromatic heterocycles. The van der Waals surface area contributed by atoms with Gasteiger partial charge in [-0.2, -0.15) is 13.1 Å². The average molecular weight is 391 g/mol. The van der Waals surface area contributed by atoms with Gasteiger partial charge in [0, 0.05) is 51.6 Å². The predicted octanol–water partition coefficient (Wildman–Crippen LogP) is 0.288. The van der Waals surface area contributed by atoms with Gasteiger partial charge in [0.05, 0.1) is 0 Å². The van der Waals surface area contributed by atoms with Crippen LogP contribution >= 0.6 is 0 Å². The van der Waals surface area contributed by atoms with E-state index in [1.807, 2.05) is 20.8 Å². The maximum absolute atomic E-state index is 12.4. The number of carbonyl (C=O) groups excluding carboxylic acids is 2. The van der Waals surface area contributed by atoms with Gasteiger partial charge in [0.15, 0.2) is 0 Å². The van der Waals surface area contributed by atoms with Gasteiger partial charge in [0.2, 0.25) is 5.91 Å². The van der Waals surface area contributed by atoms with Gasteiger partial charge in [-0.15, -0.1) is 0 Å². The minimum Gasteiger partial charge on any atom is -0.444 e. The predicted molar refractivity (Wildman–Crippen MR) is 96.6 cm³/mol. The molecule has 0 aromatic rings. The Labute approximate surface area is 155 Å². The topological polar surface area (TPSA) is 108 Å². The van der Waals surface area contributed by atoms with Crippen LogP contribution in [-0.4, -0.2) is 75.1 Å². The summed E-state index contributed by atoms with van der Waals surface area (Å²) in [5.74, 6) is 0.226. The second-order valence-electron chi connectivity index (χ2n) is 7.94. The smallest absolute Gasteiger partial charge is 0.410 e. The van der Waals surface area contributed by atoms with E-state index in [2.05, 4.69) is 9.44 Å². The normalized spacial score (nSPS) is 20.0. The molecule has 2 fully saturated rings. The molecule has 0 saturated carbocycles. The Kier molecular flexibility index (Phi) is 6.51. The Morgan fingerprint density at radius 3 is 2.19 bits per heavy atom.